The molecule has 0 saturated carbocycles. The molecule has 0 bridgehead atoms. The van der Waals surface area contributed by atoms with E-state index in [-0.39, 0.29) is 0 Å². The molecule has 0 amide bonds. The number of fused-ring (bicyclic) bond motifs is 1. The monoisotopic (exact) mass is 464 g/mol. The fourth-order valence-electron chi connectivity index (χ4n) is 4.56. The van der Waals surface area contributed by atoms with Crippen LogP contribution >= 0.6 is 0 Å². The largest absolute Gasteiger partial charge is 0.492 e. The minimum atomic E-state index is 0.669. The van der Waals surface area contributed by atoms with Crippen molar-refractivity contribution in [2.75, 3.05) is 34.3 Å². The third kappa shape index (κ3) is 5.05. The molecule has 2 aromatic carbocycles. The van der Waals surface area contributed by atoms with Crippen molar-refractivity contribution in [2.45, 2.75) is 19.3 Å². The van der Waals surface area contributed by atoms with Gasteiger partial charge in [-0.05, 0) is 92.5 Å². The Morgan fingerprint density at radius 3 is 2.69 bits per heavy atom. The van der Waals surface area contributed by atoms with Crippen LogP contribution in [0.2, 0.25) is 0 Å². The van der Waals surface area contributed by atoms with E-state index in [1.165, 1.54) is 16.8 Å². The normalized spacial score (nSPS) is 16.0. The molecular weight excluding hydrogens is 432 g/mol. The summed E-state index contributed by atoms with van der Waals surface area (Å²) < 4.78 is 7.95. The highest BCUT2D eigenvalue weighted by molar-refractivity contribution is 6.04. The Hall–Kier alpha value is -3.70. The molecule has 0 radical (unpaired) electrons. The van der Waals surface area contributed by atoms with E-state index in [1.807, 2.05) is 33.3 Å². The molecule has 0 aliphatic heterocycles. The maximum absolute atomic E-state index is 5.87. The summed E-state index contributed by atoms with van der Waals surface area (Å²) in [6.45, 7) is 1.56. The lowest BCUT2D eigenvalue weighted by atomic mass is 10.1. The van der Waals surface area contributed by atoms with Gasteiger partial charge in [-0.25, -0.2) is 4.68 Å². The van der Waals surface area contributed by atoms with Crippen molar-refractivity contribution >= 4 is 11.3 Å². The number of nitrogens with zero attached hydrogens (tertiary/aromatic N) is 4. The smallest absolute Gasteiger partial charge is 0.119 e. The number of aliphatic imine (C=N–C) groups is 1. The summed E-state index contributed by atoms with van der Waals surface area (Å²) in [7, 11) is 5.98. The second-order valence-corrected chi connectivity index (χ2v) is 9.20. The fourth-order valence-corrected chi connectivity index (χ4v) is 4.56. The summed E-state index contributed by atoms with van der Waals surface area (Å²) in [6, 6.07) is 17.0. The average Bonchev–Trinajstić information content (AvgIpc) is 3.39. The van der Waals surface area contributed by atoms with Crippen molar-refractivity contribution in [3.63, 3.8) is 0 Å². The van der Waals surface area contributed by atoms with Crippen LogP contribution in [0.15, 0.2) is 83.9 Å². The van der Waals surface area contributed by atoms with Crippen LogP contribution < -0.4 is 4.74 Å². The molecule has 1 heterocycles. The van der Waals surface area contributed by atoms with E-state index < -0.39 is 0 Å². The molecule has 2 aliphatic rings. The molecular formula is C30H32N4O. The Bertz CT molecular complexity index is 1320. The summed E-state index contributed by atoms with van der Waals surface area (Å²) in [4.78, 5) is 6.58. The number of rotatable bonds is 7. The lowest BCUT2D eigenvalue weighted by molar-refractivity contribution is 0.261. The van der Waals surface area contributed by atoms with E-state index >= 15 is 0 Å². The first-order chi connectivity index (χ1) is 17.1. The number of hydrogen-bond donors (Lipinski definition) is 0. The van der Waals surface area contributed by atoms with Gasteiger partial charge in [0.15, 0.2) is 0 Å². The molecule has 1 aromatic heterocycles. The predicted octanol–water partition coefficient (Wildman–Crippen LogP) is 5.74. The van der Waals surface area contributed by atoms with Crippen molar-refractivity contribution in [1.29, 1.82) is 0 Å². The molecule has 0 spiro atoms. The van der Waals surface area contributed by atoms with E-state index in [2.05, 4.69) is 81.4 Å². The fraction of sp³-hybridized carbons (Fsp3) is 0.267. The number of ether oxygens (including phenoxy) is 1. The Balaban J connectivity index is 1.51. The maximum atomic E-state index is 5.87. The number of aryl methyl sites for hydroxylation is 1. The number of aromatic nitrogens is 2. The lowest BCUT2D eigenvalue weighted by Gasteiger charge is -2.11. The van der Waals surface area contributed by atoms with Crippen LogP contribution in [0.3, 0.4) is 0 Å². The van der Waals surface area contributed by atoms with Gasteiger partial charge in [0.25, 0.3) is 0 Å². The van der Waals surface area contributed by atoms with Gasteiger partial charge in [0, 0.05) is 24.9 Å². The predicted molar refractivity (Wildman–Crippen MR) is 145 cm³/mol. The van der Waals surface area contributed by atoms with Gasteiger partial charge in [-0.1, -0.05) is 36.4 Å². The molecule has 0 saturated heterocycles. The first kappa shape index (κ1) is 23.1. The van der Waals surface area contributed by atoms with Crippen LogP contribution in [-0.2, 0) is 6.42 Å². The van der Waals surface area contributed by atoms with Crippen molar-refractivity contribution in [2.24, 2.45) is 4.99 Å². The number of likely N-dealkylation sites (N-methyl/N-ethyl adjacent to an activating group) is 1. The molecule has 5 rings (SSSR count). The first-order valence-corrected chi connectivity index (χ1v) is 12.2. The SMILES string of the molecule is CN=C1CCc2cc(-n3nc(-c4ccc(OCCN(C)C)cc4)cc3C3=CC=CCC=C3)ccc21. The Labute approximate surface area is 207 Å². The second kappa shape index (κ2) is 10.3. The van der Waals surface area contributed by atoms with Crippen LogP contribution in [0.5, 0.6) is 5.75 Å². The summed E-state index contributed by atoms with van der Waals surface area (Å²) in [5, 5.41) is 5.08. The van der Waals surface area contributed by atoms with Crippen LogP contribution in [0.4, 0.5) is 0 Å². The van der Waals surface area contributed by atoms with Crippen molar-refractivity contribution in [1.82, 2.24) is 14.7 Å². The number of allylic oxidation sites excluding steroid dienone is 6. The molecule has 5 nitrogen and oxygen atoms in total. The quantitative estimate of drug-likeness (QED) is 0.448. The van der Waals surface area contributed by atoms with Gasteiger partial charge >= 0.3 is 0 Å². The van der Waals surface area contributed by atoms with Gasteiger partial charge in [0.05, 0.1) is 17.1 Å². The van der Waals surface area contributed by atoms with Crippen molar-refractivity contribution < 1.29 is 4.74 Å². The van der Waals surface area contributed by atoms with E-state index in [4.69, 9.17) is 9.84 Å². The third-order valence-corrected chi connectivity index (χ3v) is 6.49. The van der Waals surface area contributed by atoms with E-state index in [0.29, 0.717) is 6.61 Å². The van der Waals surface area contributed by atoms with Crippen LogP contribution in [0.1, 0.15) is 29.7 Å². The zero-order valence-corrected chi connectivity index (χ0v) is 20.7. The minimum Gasteiger partial charge on any atom is -0.492 e. The van der Waals surface area contributed by atoms with Crippen LogP contribution in [0.25, 0.3) is 22.5 Å². The summed E-state index contributed by atoms with van der Waals surface area (Å²) in [5.41, 5.74) is 9.13. The van der Waals surface area contributed by atoms with E-state index in [1.54, 1.807) is 0 Å². The zero-order chi connectivity index (χ0) is 24.2. The van der Waals surface area contributed by atoms with Gasteiger partial charge in [-0.2, -0.15) is 5.10 Å². The molecule has 178 valence electrons. The highest BCUT2D eigenvalue weighted by Gasteiger charge is 2.20. The Morgan fingerprint density at radius 2 is 1.89 bits per heavy atom. The summed E-state index contributed by atoms with van der Waals surface area (Å²) in [6.07, 6.45) is 13.8. The van der Waals surface area contributed by atoms with Crippen molar-refractivity contribution in [3.8, 4) is 22.7 Å². The summed E-state index contributed by atoms with van der Waals surface area (Å²) in [5.74, 6) is 0.877. The van der Waals surface area contributed by atoms with Crippen LogP contribution in [0, 0.1) is 0 Å². The van der Waals surface area contributed by atoms with Gasteiger partial charge in [0.1, 0.15) is 12.4 Å². The molecule has 35 heavy (non-hydrogen) atoms. The molecule has 0 atom stereocenters. The average molecular weight is 465 g/mol. The Kier molecular flexibility index (Phi) is 6.77. The Morgan fingerprint density at radius 1 is 1.03 bits per heavy atom. The maximum Gasteiger partial charge on any atom is 0.119 e. The minimum absolute atomic E-state index is 0.669. The standard InChI is InChI=1S/C30H32N4O/c1-31-28-17-12-24-20-25(13-16-27(24)28)34-30(23-8-6-4-5-7-9-23)21-29(32-34)22-10-14-26(15-11-22)35-19-18-33(2)3/h4,6-11,13-16,20-21H,5,12,17-19H2,1-3H3. The first-order valence-electron chi connectivity index (χ1n) is 12.2. The van der Waals surface area contributed by atoms with E-state index in [9.17, 15) is 0 Å². The molecule has 5 heteroatoms. The molecule has 0 fully saturated rings. The van der Waals surface area contributed by atoms with Crippen LogP contribution in [-0.4, -0.2) is 54.7 Å². The van der Waals surface area contributed by atoms with Gasteiger partial charge in [-0.15, -0.1) is 0 Å². The molecule has 3 aromatic rings. The second-order valence-electron chi connectivity index (χ2n) is 9.20. The van der Waals surface area contributed by atoms with Gasteiger partial charge in [-0.3, -0.25) is 4.99 Å². The lowest BCUT2D eigenvalue weighted by Crippen LogP contribution is -2.19. The third-order valence-electron chi connectivity index (χ3n) is 6.49. The molecule has 0 unspecified atom stereocenters. The zero-order valence-electron chi connectivity index (χ0n) is 20.7. The van der Waals surface area contributed by atoms with E-state index in [0.717, 1.165) is 59.8 Å². The van der Waals surface area contributed by atoms with Crippen molar-refractivity contribution in [3.05, 3.63) is 95.7 Å². The molecule has 2 aliphatic carbocycles. The van der Waals surface area contributed by atoms with Gasteiger partial charge in [0.2, 0.25) is 0 Å². The topological polar surface area (TPSA) is 42.6 Å². The summed E-state index contributed by atoms with van der Waals surface area (Å²) >= 11 is 0. The number of benzene rings is 2. The number of hydrogen-bond acceptors (Lipinski definition) is 4. The highest BCUT2D eigenvalue weighted by Crippen LogP contribution is 2.31. The van der Waals surface area contributed by atoms with Gasteiger partial charge < -0.3 is 9.64 Å². The highest BCUT2D eigenvalue weighted by atomic mass is 16.5. The molecule has 0 N–H and O–H groups in total.